The number of hydrogen-bond donors (Lipinski definition) is 5. The van der Waals surface area contributed by atoms with Gasteiger partial charge in [-0.15, -0.1) is 0 Å². The summed E-state index contributed by atoms with van der Waals surface area (Å²) >= 11 is 10.7. The van der Waals surface area contributed by atoms with E-state index in [1.165, 1.54) is 0 Å². The maximum atomic E-state index is 10.7. The minimum absolute atomic E-state index is 0.0622. The number of rotatable bonds is 5. The van der Waals surface area contributed by atoms with Crippen molar-refractivity contribution >= 4 is 37.1 Å². The van der Waals surface area contributed by atoms with Crippen LogP contribution in [0.5, 0.6) is 0 Å². The second kappa shape index (κ2) is 9.24. The molecule has 0 radical (unpaired) electrons. The zero-order chi connectivity index (χ0) is 19.7. The van der Waals surface area contributed by atoms with Crippen molar-refractivity contribution in [3.8, 4) is 0 Å². The van der Waals surface area contributed by atoms with Gasteiger partial charge in [-0.3, -0.25) is 0 Å². The number of aliphatic hydroxyl groups is 5. The van der Waals surface area contributed by atoms with Gasteiger partial charge in [-0.1, -0.05) is 0 Å². The van der Waals surface area contributed by atoms with Crippen molar-refractivity contribution in [2.75, 3.05) is 13.2 Å². The summed E-state index contributed by atoms with van der Waals surface area (Å²) in [6, 6.07) is 4.98. The Morgan fingerprint density at radius 2 is 1.81 bits per heavy atom. The van der Waals surface area contributed by atoms with E-state index in [1.54, 1.807) is 18.2 Å². The number of halogens is 2. The third-order valence-corrected chi connectivity index (χ3v) is 11.4. The summed E-state index contributed by atoms with van der Waals surface area (Å²) < 4.78 is 11.3. The Hall–Kier alpha value is 0.0395. The van der Waals surface area contributed by atoms with Gasteiger partial charge >= 0.3 is 171 Å². The fourth-order valence-corrected chi connectivity index (χ4v) is 9.59. The minimum atomic E-state index is -1.71. The van der Waals surface area contributed by atoms with Crippen molar-refractivity contribution in [3.05, 3.63) is 33.8 Å². The van der Waals surface area contributed by atoms with E-state index in [0.29, 0.717) is 20.9 Å². The van der Waals surface area contributed by atoms with Gasteiger partial charge in [0, 0.05) is 0 Å². The van der Waals surface area contributed by atoms with E-state index in [9.17, 15) is 25.5 Å². The predicted molar refractivity (Wildman–Crippen MR) is 100 cm³/mol. The summed E-state index contributed by atoms with van der Waals surface area (Å²) in [5, 5.41) is 51.6. The van der Waals surface area contributed by atoms with E-state index in [0.717, 1.165) is 0 Å². The topological polar surface area (TPSA) is 120 Å². The van der Waals surface area contributed by atoms with Crippen LogP contribution in [0.15, 0.2) is 18.2 Å². The van der Waals surface area contributed by atoms with Crippen LogP contribution in [0.4, 0.5) is 0 Å². The fraction of sp³-hybridized carbons (Fsp3) is 0.647. The summed E-state index contributed by atoms with van der Waals surface area (Å²) in [5.74, 6) is 0. The number of ether oxygens (including phenoxy) is 2. The van der Waals surface area contributed by atoms with Crippen molar-refractivity contribution in [1.29, 1.82) is 0 Å². The third kappa shape index (κ3) is 4.63. The van der Waals surface area contributed by atoms with E-state index in [1.807, 2.05) is 0 Å². The molecule has 152 valence electrons. The Morgan fingerprint density at radius 1 is 1.15 bits per heavy atom. The summed E-state index contributed by atoms with van der Waals surface area (Å²) in [4.78, 5) is -0.416. The van der Waals surface area contributed by atoms with Gasteiger partial charge in [0.2, 0.25) is 0 Å². The molecule has 0 saturated carbocycles. The van der Waals surface area contributed by atoms with Crippen molar-refractivity contribution in [1.82, 2.24) is 0 Å². The average molecular weight is 489 g/mol. The first-order valence-electron chi connectivity index (χ1n) is 8.53. The number of aliphatic hydroxyl groups excluding tert-OH is 5. The van der Waals surface area contributed by atoms with E-state index >= 15 is 0 Å². The molecule has 2 heterocycles. The Labute approximate surface area is 171 Å². The van der Waals surface area contributed by atoms with Crippen LogP contribution in [0.2, 0.25) is 25.5 Å². The molecular formula is C17H23Cl2O7Se+. The van der Waals surface area contributed by atoms with E-state index in [2.05, 4.69) is 0 Å². The summed E-state index contributed by atoms with van der Waals surface area (Å²) in [6.07, 6.45) is -5.83. The van der Waals surface area contributed by atoms with Crippen LogP contribution in [0.25, 0.3) is 0 Å². The van der Waals surface area contributed by atoms with E-state index in [-0.39, 0.29) is 18.5 Å². The zero-order valence-corrected chi connectivity index (χ0v) is 17.5. The first-order valence-corrected chi connectivity index (χ1v) is 12.7. The van der Waals surface area contributed by atoms with Crippen molar-refractivity contribution < 1.29 is 35.0 Å². The third-order valence-electron chi connectivity index (χ3n) is 4.85. The molecule has 10 heteroatoms. The van der Waals surface area contributed by atoms with Crippen molar-refractivity contribution in [3.63, 3.8) is 0 Å². The molecule has 0 amide bonds. The molecule has 0 aliphatic carbocycles. The number of hydrogen-bond acceptors (Lipinski definition) is 7. The van der Waals surface area contributed by atoms with Crippen molar-refractivity contribution in [2.45, 2.75) is 52.3 Å². The molecule has 0 spiro atoms. The van der Waals surface area contributed by atoms with Crippen LogP contribution in [-0.4, -0.2) is 83.2 Å². The van der Waals surface area contributed by atoms with Gasteiger partial charge in [0.15, 0.2) is 0 Å². The molecule has 1 aromatic rings. The van der Waals surface area contributed by atoms with Gasteiger partial charge in [-0.2, -0.15) is 0 Å². The second-order valence-electron chi connectivity index (χ2n) is 6.69. The van der Waals surface area contributed by atoms with Gasteiger partial charge in [0.25, 0.3) is 0 Å². The van der Waals surface area contributed by atoms with Crippen LogP contribution in [0.1, 0.15) is 11.9 Å². The van der Waals surface area contributed by atoms with E-state index < -0.39 is 55.5 Å². The SMILES string of the molecule is OC[C@@H]1[C@@H](O)[C@H](O)C[Se+]1C[C@@H](O)[C@H]1OC(c2c(Cl)cccc2Cl)OC[C@H]1O. The number of benzene rings is 1. The fourth-order valence-electron chi connectivity index (χ4n) is 3.39. The molecule has 3 rings (SSSR count). The molecule has 7 nitrogen and oxygen atoms in total. The van der Waals surface area contributed by atoms with Gasteiger partial charge in [0.1, 0.15) is 0 Å². The first-order chi connectivity index (χ1) is 12.8. The Balaban J connectivity index is 1.71. The second-order valence-corrected chi connectivity index (χ2v) is 12.4. The normalized spacial score (nSPS) is 38.1. The zero-order valence-electron chi connectivity index (χ0n) is 14.3. The molecule has 2 fully saturated rings. The maximum absolute atomic E-state index is 10.7. The van der Waals surface area contributed by atoms with Gasteiger partial charge in [-0.05, 0) is 0 Å². The van der Waals surface area contributed by atoms with Gasteiger partial charge in [0.05, 0.1) is 0 Å². The summed E-state index contributed by atoms with van der Waals surface area (Å²) in [5.41, 5.74) is 0.431. The van der Waals surface area contributed by atoms with Crippen LogP contribution in [-0.2, 0) is 9.47 Å². The quantitative estimate of drug-likeness (QED) is 0.387. The predicted octanol–water partition coefficient (Wildman–Crippen LogP) is 0.722. The molecule has 1 aromatic carbocycles. The molecular weight excluding hydrogens is 466 g/mol. The Morgan fingerprint density at radius 3 is 2.44 bits per heavy atom. The standard InChI is InChI=1S/C17H23Cl2O7Se/c18-8-2-1-3-9(19)14(8)17-25-5-10(21)16(26-17)12(23)7-27-6-11(22)15(24)13(27)4-20/h1-3,10-13,15-17,20-24H,4-7H2/q+1/t10-,11-,12-,13-,15+,16+,17?,27?/m1/s1. The van der Waals surface area contributed by atoms with Gasteiger partial charge in [-0.25, -0.2) is 0 Å². The van der Waals surface area contributed by atoms with Crippen LogP contribution in [0, 0.1) is 0 Å². The molecule has 0 bridgehead atoms. The molecule has 2 aliphatic rings. The Kier molecular flexibility index (Phi) is 7.44. The van der Waals surface area contributed by atoms with Gasteiger partial charge < -0.3 is 0 Å². The molecule has 5 N–H and O–H groups in total. The molecule has 2 unspecified atom stereocenters. The molecule has 27 heavy (non-hydrogen) atoms. The molecule has 0 aromatic heterocycles. The molecule has 2 aliphatic heterocycles. The first kappa shape index (κ1) is 21.7. The van der Waals surface area contributed by atoms with Crippen molar-refractivity contribution in [2.24, 2.45) is 0 Å². The Bertz CT molecular complexity index is 631. The van der Waals surface area contributed by atoms with Crippen LogP contribution in [0.3, 0.4) is 0 Å². The van der Waals surface area contributed by atoms with Crippen LogP contribution < -0.4 is 0 Å². The molecule has 2 saturated heterocycles. The molecule has 8 atom stereocenters. The summed E-state index contributed by atoms with van der Waals surface area (Å²) in [6.45, 7) is -0.308. The van der Waals surface area contributed by atoms with E-state index in [4.69, 9.17) is 32.7 Å². The average Bonchev–Trinajstić information content (AvgIpc) is 2.89. The monoisotopic (exact) mass is 489 g/mol. The summed E-state index contributed by atoms with van der Waals surface area (Å²) in [7, 11) is 0. The van der Waals surface area contributed by atoms with Crippen LogP contribution >= 0.6 is 23.2 Å².